The number of thioether (sulfide) groups is 1. The maximum atomic E-state index is 12.4. The normalized spacial score (nSPS) is 10.9. The molecule has 0 amide bonds. The van der Waals surface area contributed by atoms with E-state index >= 15 is 0 Å². The van der Waals surface area contributed by atoms with Gasteiger partial charge in [-0.25, -0.2) is 0 Å². The van der Waals surface area contributed by atoms with Gasteiger partial charge in [-0.05, 0) is 43.9 Å². The van der Waals surface area contributed by atoms with Crippen LogP contribution in [0.2, 0.25) is 0 Å². The van der Waals surface area contributed by atoms with Crippen LogP contribution in [0.4, 0.5) is 0 Å². The molecule has 0 saturated carbocycles. The fourth-order valence-corrected chi connectivity index (χ4v) is 4.01. The van der Waals surface area contributed by atoms with Gasteiger partial charge in [0.2, 0.25) is 0 Å². The lowest BCUT2D eigenvalue weighted by molar-refractivity contribution is 0.102. The minimum absolute atomic E-state index is 0.106. The van der Waals surface area contributed by atoms with Crippen molar-refractivity contribution in [1.82, 2.24) is 14.8 Å². The molecule has 152 valence electrons. The van der Waals surface area contributed by atoms with Crippen molar-refractivity contribution in [3.63, 3.8) is 0 Å². The van der Waals surface area contributed by atoms with Gasteiger partial charge in [-0.2, -0.15) is 0 Å². The fraction of sp³-hybridized carbons (Fsp3) is 0.348. The van der Waals surface area contributed by atoms with Gasteiger partial charge in [0.05, 0.1) is 12.9 Å². The van der Waals surface area contributed by atoms with Crippen LogP contribution in [0, 0.1) is 13.8 Å². The van der Waals surface area contributed by atoms with Crippen LogP contribution in [-0.4, -0.2) is 33.4 Å². The summed E-state index contributed by atoms with van der Waals surface area (Å²) < 4.78 is 7.31. The highest BCUT2D eigenvalue weighted by molar-refractivity contribution is 7.99. The van der Waals surface area contributed by atoms with Gasteiger partial charge in [-0.15, -0.1) is 10.2 Å². The summed E-state index contributed by atoms with van der Waals surface area (Å²) in [5.74, 6) is 2.33. The SMILES string of the molecule is COc1ccc(CCCc2nnc(SCC(=O)c3ccc(C)cc3)n2C)cc1C. The second-order valence-electron chi connectivity index (χ2n) is 7.19. The Hall–Kier alpha value is -2.60. The second kappa shape index (κ2) is 9.74. The Morgan fingerprint density at radius 1 is 1.07 bits per heavy atom. The zero-order valence-corrected chi connectivity index (χ0v) is 18.3. The molecule has 0 aliphatic carbocycles. The number of nitrogens with zero attached hydrogens (tertiary/aromatic N) is 3. The van der Waals surface area contributed by atoms with Crippen molar-refractivity contribution in [1.29, 1.82) is 0 Å². The first kappa shape index (κ1) is 21.1. The number of aryl methyl sites for hydroxylation is 4. The van der Waals surface area contributed by atoms with Crippen molar-refractivity contribution in [2.75, 3.05) is 12.9 Å². The summed E-state index contributed by atoms with van der Waals surface area (Å²) in [5.41, 5.74) is 4.33. The highest BCUT2D eigenvalue weighted by Gasteiger charge is 2.12. The Balaban J connectivity index is 1.52. The van der Waals surface area contributed by atoms with Crippen LogP contribution in [0.15, 0.2) is 47.6 Å². The molecule has 6 heteroatoms. The summed E-state index contributed by atoms with van der Waals surface area (Å²) in [7, 11) is 3.66. The van der Waals surface area contributed by atoms with Gasteiger partial charge < -0.3 is 9.30 Å². The second-order valence-corrected chi connectivity index (χ2v) is 8.14. The maximum absolute atomic E-state index is 12.4. The molecule has 5 nitrogen and oxygen atoms in total. The number of hydrogen-bond acceptors (Lipinski definition) is 5. The maximum Gasteiger partial charge on any atom is 0.191 e. The van der Waals surface area contributed by atoms with Gasteiger partial charge in [-0.1, -0.05) is 53.7 Å². The topological polar surface area (TPSA) is 57.0 Å². The van der Waals surface area contributed by atoms with Crippen LogP contribution < -0.4 is 4.74 Å². The van der Waals surface area contributed by atoms with Crippen molar-refractivity contribution in [2.45, 2.75) is 38.3 Å². The molecule has 1 heterocycles. The van der Waals surface area contributed by atoms with Crippen molar-refractivity contribution in [3.8, 4) is 5.75 Å². The summed E-state index contributed by atoms with van der Waals surface area (Å²) in [4.78, 5) is 12.4. The molecule has 0 unspecified atom stereocenters. The molecular weight excluding hydrogens is 382 g/mol. The van der Waals surface area contributed by atoms with Crippen LogP contribution in [0.5, 0.6) is 5.75 Å². The van der Waals surface area contributed by atoms with E-state index in [4.69, 9.17) is 4.74 Å². The zero-order valence-electron chi connectivity index (χ0n) is 17.4. The molecular formula is C23H27N3O2S. The smallest absolute Gasteiger partial charge is 0.191 e. The minimum atomic E-state index is 0.106. The predicted molar refractivity (Wildman–Crippen MR) is 117 cm³/mol. The van der Waals surface area contributed by atoms with E-state index in [0.717, 1.165) is 52.7 Å². The van der Waals surface area contributed by atoms with Gasteiger partial charge in [0.25, 0.3) is 0 Å². The lowest BCUT2D eigenvalue weighted by Gasteiger charge is -2.07. The third-order valence-corrected chi connectivity index (χ3v) is 5.98. The largest absolute Gasteiger partial charge is 0.496 e. The Bertz CT molecular complexity index is 980. The first-order valence-electron chi connectivity index (χ1n) is 9.72. The Morgan fingerprint density at radius 2 is 1.83 bits per heavy atom. The number of methoxy groups -OCH3 is 1. The van der Waals surface area contributed by atoms with Crippen molar-refractivity contribution in [3.05, 3.63) is 70.5 Å². The Morgan fingerprint density at radius 3 is 2.52 bits per heavy atom. The standard InChI is InChI=1S/C23H27N3O2S/c1-16-8-11-19(12-9-16)20(27)15-29-23-25-24-22(26(23)3)7-5-6-18-10-13-21(28-4)17(2)14-18/h8-14H,5-7,15H2,1-4H3. The lowest BCUT2D eigenvalue weighted by atomic mass is 10.0. The summed E-state index contributed by atoms with van der Waals surface area (Å²) in [6.45, 7) is 4.08. The van der Waals surface area contributed by atoms with Crippen LogP contribution in [-0.2, 0) is 19.9 Å². The molecule has 3 rings (SSSR count). The lowest BCUT2D eigenvalue weighted by Crippen LogP contribution is -2.05. The first-order chi connectivity index (χ1) is 14.0. The van der Waals surface area contributed by atoms with E-state index in [2.05, 4.69) is 29.3 Å². The number of aromatic nitrogens is 3. The van der Waals surface area contributed by atoms with E-state index in [1.165, 1.54) is 17.3 Å². The highest BCUT2D eigenvalue weighted by Crippen LogP contribution is 2.21. The van der Waals surface area contributed by atoms with E-state index in [-0.39, 0.29) is 5.78 Å². The summed E-state index contributed by atoms with van der Waals surface area (Å²) in [6, 6.07) is 14.0. The number of rotatable bonds is 9. The number of carbonyl (C=O) groups is 1. The monoisotopic (exact) mass is 409 g/mol. The van der Waals surface area contributed by atoms with Gasteiger partial charge >= 0.3 is 0 Å². The molecule has 29 heavy (non-hydrogen) atoms. The summed E-state index contributed by atoms with van der Waals surface area (Å²) in [5, 5.41) is 9.36. The molecule has 2 aromatic carbocycles. The van der Waals surface area contributed by atoms with Crippen LogP contribution in [0.3, 0.4) is 0 Å². The van der Waals surface area contributed by atoms with Gasteiger partial charge in [0.15, 0.2) is 10.9 Å². The van der Waals surface area contributed by atoms with Crippen molar-refractivity contribution >= 4 is 17.5 Å². The molecule has 0 atom stereocenters. The third-order valence-electron chi connectivity index (χ3n) is 4.96. The number of ether oxygens (including phenoxy) is 1. The zero-order chi connectivity index (χ0) is 20.8. The molecule has 0 N–H and O–H groups in total. The van der Waals surface area contributed by atoms with E-state index in [1.54, 1.807) is 7.11 Å². The highest BCUT2D eigenvalue weighted by atomic mass is 32.2. The molecule has 1 aromatic heterocycles. The summed E-state index contributed by atoms with van der Waals surface area (Å²) >= 11 is 1.44. The molecule has 0 saturated heterocycles. The Labute approximate surface area is 176 Å². The van der Waals surface area contributed by atoms with Crippen molar-refractivity contribution < 1.29 is 9.53 Å². The average molecular weight is 410 g/mol. The Kier molecular flexibility index (Phi) is 7.09. The molecule has 0 spiro atoms. The average Bonchev–Trinajstić information content (AvgIpc) is 3.06. The quantitative estimate of drug-likeness (QED) is 0.382. The molecule has 3 aromatic rings. The number of carbonyl (C=O) groups excluding carboxylic acids is 1. The minimum Gasteiger partial charge on any atom is -0.496 e. The molecule has 0 fully saturated rings. The number of hydrogen-bond donors (Lipinski definition) is 0. The van der Waals surface area contributed by atoms with E-state index < -0.39 is 0 Å². The fourth-order valence-electron chi connectivity index (χ4n) is 3.19. The molecule has 0 aliphatic heterocycles. The molecule has 0 radical (unpaired) electrons. The number of Topliss-reactive ketones (excluding diaryl/α,β-unsaturated/α-hetero) is 1. The number of benzene rings is 2. The summed E-state index contributed by atoms with van der Waals surface area (Å²) in [6.07, 6.45) is 2.82. The van der Waals surface area contributed by atoms with E-state index in [0.29, 0.717) is 5.75 Å². The van der Waals surface area contributed by atoms with Gasteiger partial charge in [0.1, 0.15) is 11.6 Å². The first-order valence-corrected chi connectivity index (χ1v) is 10.7. The van der Waals surface area contributed by atoms with Crippen LogP contribution >= 0.6 is 11.8 Å². The van der Waals surface area contributed by atoms with Crippen LogP contribution in [0.1, 0.15) is 39.3 Å². The molecule has 0 aliphatic rings. The van der Waals surface area contributed by atoms with Crippen molar-refractivity contribution in [2.24, 2.45) is 7.05 Å². The third kappa shape index (κ3) is 5.48. The molecule has 0 bridgehead atoms. The van der Waals surface area contributed by atoms with Gasteiger partial charge in [-0.3, -0.25) is 4.79 Å². The van der Waals surface area contributed by atoms with E-state index in [1.807, 2.05) is 48.9 Å². The van der Waals surface area contributed by atoms with Crippen LogP contribution in [0.25, 0.3) is 0 Å². The number of ketones is 1. The van der Waals surface area contributed by atoms with E-state index in [9.17, 15) is 4.79 Å². The predicted octanol–water partition coefficient (Wildman–Crippen LogP) is 4.59. The van der Waals surface area contributed by atoms with Gasteiger partial charge in [0, 0.05) is 19.0 Å².